The molecule has 0 spiro atoms. The molecule has 1 aliphatic carbocycles. The molecular formula is C15H32N4. The molecule has 4 heteroatoms. The van der Waals surface area contributed by atoms with E-state index in [1.807, 2.05) is 0 Å². The van der Waals surface area contributed by atoms with Crippen molar-refractivity contribution in [2.75, 3.05) is 33.7 Å². The molecule has 112 valence electrons. The molecule has 0 aromatic heterocycles. The first kappa shape index (κ1) is 16.3. The number of nitrogens with one attached hydrogen (secondary N) is 1. The van der Waals surface area contributed by atoms with Crippen LogP contribution in [0.5, 0.6) is 0 Å². The third-order valence-corrected chi connectivity index (χ3v) is 3.87. The average Bonchev–Trinajstić information content (AvgIpc) is 3.23. The van der Waals surface area contributed by atoms with Crippen LogP contribution in [0.15, 0.2) is 4.99 Å². The van der Waals surface area contributed by atoms with Gasteiger partial charge in [-0.15, -0.1) is 0 Å². The van der Waals surface area contributed by atoms with Crippen LogP contribution in [-0.4, -0.2) is 61.6 Å². The van der Waals surface area contributed by atoms with Gasteiger partial charge in [-0.25, -0.2) is 0 Å². The van der Waals surface area contributed by atoms with Crippen molar-refractivity contribution in [3.8, 4) is 0 Å². The van der Waals surface area contributed by atoms with Crippen molar-refractivity contribution in [3.05, 3.63) is 0 Å². The van der Waals surface area contributed by atoms with Gasteiger partial charge in [0.1, 0.15) is 0 Å². The van der Waals surface area contributed by atoms with Crippen LogP contribution in [-0.2, 0) is 0 Å². The largest absolute Gasteiger partial charge is 0.357 e. The van der Waals surface area contributed by atoms with Gasteiger partial charge in [-0.3, -0.25) is 9.89 Å². The lowest BCUT2D eigenvalue weighted by Crippen LogP contribution is -2.41. The first-order valence-electron chi connectivity index (χ1n) is 7.81. The monoisotopic (exact) mass is 268 g/mol. The normalized spacial score (nSPS) is 17.7. The van der Waals surface area contributed by atoms with Crippen LogP contribution in [0.25, 0.3) is 0 Å². The minimum absolute atomic E-state index is 0.528. The Balaban J connectivity index is 2.46. The molecule has 1 saturated carbocycles. The van der Waals surface area contributed by atoms with Crippen LogP contribution in [0.1, 0.15) is 46.5 Å². The number of guanidine groups is 1. The zero-order chi connectivity index (χ0) is 14.3. The first-order chi connectivity index (χ1) is 9.10. The second-order valence-corrected chi connectivity index (χ2v) is 5.72. The Hall–Kier alpha value is -0.770. The second-order valence-electron chi connectivity index (χ2n) is 5.72. The minimum atomic E-state index is 0.528. The van der Waals surface area contributed by atoms with Gasteiger partial charge in [0, 0.05) is 32.2 Å². The van der Waals surface area contributed by atoms with Crippen molar-refractivity contribution < 1.29 is 0 Å². The summed E-state index contributed by atoms with van der Waals surface area (Å²) in [6.45, 7) is 9.52. The summed E-state index contributed by atoms with van der Waals surface area (Å²) in [5, 5.41) is 3.39. The van der Waals surface area contributed by atoms with Gasteiger partial charge in [0.2, 0.25) is 0 Å². The molecule has 1 rings (SSSR count). The molecule has 0 saturated heterocycles. The Morgan fingerprint density at radius 1 is 1.32 bits per heavy atom. The first-order valence-corrected chi connectivity index (χ1v) is 7.81. The van der Waals surface area contributed by atoms with Crippen LogP contribution in [0.2, 0.25) is 0 Å². The zero-order valence-electron chi connectivity index (χ0n) is 13.4. The van der Waals surface area contributed by atoms with E-state index in [9.17, 15) is 0 Å². The molecular weight excluding hydrogens is 236 g/mol. The van der Waals surface area contributed by atoms with Crippen molar-refractivity contribution in [1.82, 2.24) is 15.1 Å². The molecule has 1 N–H and O–H groups in total. The van der Waals surface area contributed by atoms with Gasteiger partial charge in [0.25, 0.3) is 0 Å². The van der Waals surface area contributed by atoms with Gasteiger partial charge >= 0.3 is 0 Å². The van der Waals surface area contributed by atoms with Crippen molar-refractivity contribution >= 4 is 5.96 Å². The highest BCUT2D eigenvalue weighted by Gasteiger charge is 2.28. The van der Waals surface area contributed by atoms with E-state index in [-0.39, 0.29) is 0 Å². The van der Waals surface area contributed by atoms with Crippen LogP contribution in [0, 0.1) is 0 Å². The molecule has 1 unspecified atom stereocenters. The fourth-order valence-corrected chi connectivity index (χ4v) is 2.16. The van der Waals surface area contributed by atoms with Gasteiger partial charge in [-0.05, 0) is 40.2 Å². The summed E-state index contributed by atoms with van der Waals surface area (Å²) in [6.07, 6.45) is 5.17. The molecule has 4 nitrogen and oxygen atoms in total. The number of hydrogen-bond donors (Lipinski definition) is 1. The maximum Gasteiger partial charge on any atom is 0.193 e. The maximum atomic E-state index is 4.79. The van der Waals surface area contributed by atoms with E-state index < -0.39 is 0 Å². The number of rotatable bonds is 8. The van der Waals surface area contributed by atoms with E-state index in [4.69, 9.17) is 4.99 Å². The van der Waals surface area contributed by atoms with E-state index in [1.54, 1.807) is 0 Å². The molecule has 1 fully saturated rings. The highest BCUT2D eigenvalue weighted by atomic mass is 15.3. The van der Waals surface area contributed by atoms with E-state index in [0.717, 1.165) is 31.6 Å². The minimum Gasteiger partial charge on any atom is -0.357 e. The summed E-state index contributed by atoms with van der Waals surface area (Å²) >= 11 is 0. The lowest BCUT2D eigenvalue weighted by atomic mass is 10.3. The van der Waals surface area contributed by atoms with Crippen LogP contribution >= 0.6 is 0 Å². The topological polar surface area (TPSA) is 30.9 Å². The molecule has 0 radical (unpaired) electrons. The highest BCUT2D eigenvalue weighted by Crippen LogP contribution is 2.26. The lowest BCUT2D eigenvalue weighted by Gasteiger charge is -2.25. The molecule has 0 aromatic rings. The van der Waals surface area contributed by atoms with Gasteiger partial charge in [0.15, 0.2) is 5.96 Å². The molecule has 0 aromatic carbocycles. The quantitative estimate of drug-likeness (QED) is 0.541. The molecule has 0 bridgehead atoms. The van der Waals surface area contributed by atoms with Gasteiger partial charge in [-0.1, -0.05) is 13.3 Å². The number of likely N-dealkylation sites (N-methyl/N-ethyl adjacent to an activating group) is 1. The van der Waals surface area contributed by atoms with E-state index in [0.29, 0.717) is 6.04 Å². The van der Waals surface area contributed by atoms with Gasteiger partial charge in [-0.2, -0.15) is 0 Å². The Kier molecular flexibility index (Phi) is 7.21. The predicted molar refractivity (Wildman–Crippen MR) is 83.8 cm³/mol. The second kappa shape index (κ2) is 8.41. The molecule has 1 aliphatic rings. The smallest absolute Gasteiger partial charge is 0.193 e. The third kappa shape index (κ3) is 5.81. The SMILES string of the molecule is CCCCN(C)C(=NCC(C)N(C)C1CC1)NCC. The maximum absolute atomic E-state index is 4.79. The number of aliphatic imine (C=N–C) groups is 1. The molecule has 19 heavy (non-hydrogen) atoms. The van der Waals surface area contributed by atoms with E-state index in [1.165, 1.54) is 25.7 Å². The summed E-state index contributed by atoms with van der Waals surface area (Å²) < 4.78 is 0. The summed E-state index contributed by atoms with van der Waals surface area (Å²) in [5.41, 5.74) is 0. The molecule has 0 aliphatic heterocycles. The fraction of sp³-hybridized carbons (Fsp3) is 0.933. The van der Waals surface area contributed by atoms with Crippen LogP contribution in [0.4, 0.5) is 0 Å². The van der Waals surface area contributed by atoms with Crippen molar-refractivity contribution in [1.29, 1.82) is 0 Å². The van der Waals surface area contributed by atoms with Gasteiger partial charge < -0.3 is 10.2 Å². The van der Waals surface area contributed by atoms with Crippen LogP contribution < -0.4 is 5.32 Å². The van der Waals surface area contributed by atoms with Crippen molar-refractivity contribution in [2.45, 2.75) is 58.5 Å². The summed E-state index contributed by atoms with van der Waals surface area (Å²) in [6, 6.07) is 1.34. The zero-order valence-corrected chi connectivity index (χ0v) is 13.4. The Labute approximate surface area is 119 Å². The van der Waals surface area contributed by atoms with Crippen LogP contribution in [0.3, 0.4) is 0 Å². The Morgan fingerprint density at radius 3 is 2.53 bits per heavy atom. The lowest BCUT2D eigenvalue weighted by molar-refractivity contribution is 0.252. The standard InChI is InChI=1S/C15H32N4/c1-6-8-11-18(4)15(16-7-2)17-12-13(3)19(5)14-9-10-14/h13-14H,6-12H2,1-5H3,(H,16,17). The van der Waals surface area contributed by atoms with Crippen molar-refractivity contribution in [2.24, 2.45) is 4.99 Å². The molecule has 0 heterocycles. The van der Waals surface area contributed by atoms with Crippen molar-refractivity contribution in [3.63, 3.8) is 0 Å². The highest BCUT2D eigenvalue weighted by molar-refractivity contribution is 5.79. The molecule has 1 atom stereocenters. The van der Waals surface area contributed by atoms with E-state index in [2.05, 4.69) is 50.0 Å². The Morgan fingerprint density at radius 2 is 2.00 bits per heavy atom. The number of hydrogen-bond acceptors (Lipinski definition) is 2. The third-order valence-electron chi connectivity index (χ3n) is 3.87. The summed E-state index contributed by atoms with van der Waals surface area (Å²) in [4.78, 5) is 9.51. The fourth-order valence-electron chi connectivity index (χ4n) is 2.16. The summed E-state index contributed by atoms with van der Waals surface area (Å²) in [5.74, 6) is 1.05. The Bertz CT molecular complexity index is 273. The average molecular weight is 268 g/mol. The predicted octanol–water partition coefficient (Wildman–Crippen LogP) is 2.17. The summed E-state index contributed by atoms with van der Waals surface area (Å²) in [7, 11) is 4.36. The number of unbranched alkanes of at least 4 members (excludes halogenated alkanes) is 1. The van der Waals surface area contributed by atoms with E-state index >= 15 is 0 Å². The molecule has 0 amide bonds. The number of nitrogens with zero attached hydrogens (tertiary/aromatic N) is 3. The van der Waals surface area contributed by atoms with Gasteiger partial charge in [0.05, 0.1) is 6.54 Å².